The largest absolute Gasteiger partial charge is 0.496 e. The first-order valence-corrected chi connectivity index (χ1v) is 13.1. The van der Waals surface area contributed by atoms with Gasteiger partial charge in [-0.2, -0.15) is 0 Å². The smallest absolute Gasteiger partial charge is 0.339 e. The van der Waals surface area contributed by atoms with Gasteiger partial charge in [-0.05, 0) is 58.4 Å². The van der Waals surface area contributed by atoms with Crippen molar-refractivity contribution in [1.29, 1.82) is 0 Å². The fourth-order valence-electron chi connectivity index (χ4n) is 6.06. The van der Waals surface area contributed by atoms with Crippen LogP contribution in [-0.2, 0) is 20.7 Å². The van der Waals surface area contributed by atoms with Gasteiger partial charge in [-0.1, -0.05) is 54.1 Å². The minimum atomic E-state index is -0.763. The summed E-state index contributed by atoms with van der Waals surface area (Å²) in [6.07, 6.45) is 11.8. The monoisotopic (exact) mass is 538 g/mol. The third-order valence-electron chi connectivity index (χ3n) is 7.65. The summed E-state index contributed by atoms with van der Waals surface area (Å²) in [4.78, 5) is 25.3. The van der Waals surface area contributed by atoms with Crippen molar-refractivity contribution in [3.05, 3.63) is 93.0 Å². The number of halogens is 1. The van der Waals surface area contributed by atoms with Crippen LogP contribution in [0.15, 0.2) is 69.9 Å². The maximum Gasteiger partial charge on any atom is 0.339 e. The van der Waals surface area contributed by atoms with Crippen molar-refractivity contribution in [3.63, 3.8) is 0 Å². The van der Waals surface area contributed by atoms with Crippen molar-refractivity contribution < 1.29 is 23.4 Å². The van der Waals surface area contributed by atoms with Gasteiger partial charge in [0.05, 0.1) is 36.4 Å². The van der Waals surface area contributed by atoms with Gasteiger partial charge in [0.2, 0.25) is 0 Å². The lowest BCUT2D eigenvalue weighted by Gasteiger charge is -2.49. The Kier molecular flexibility index (Phi) is 7.89. The molecule has 4 rings (SSSR count). The summed E-state index contributed by atoms with van der Waals surface area (Å²) >= 11 is 6.01. The van der Waals surface area contributed by atoms with E-state index in [1.807, 2.05) is 71.1 Å². The molecule has 6 nitrogen and oxygen atoms in total. The highest BCUT2D eigenvalue weighted by Crippen LogP contribution is 2.56. The van der Waals surface area contributed by atoms with Crippen molar-refractivity contribution >= 4 is 23.5 Å². The van der Waals surface area contributed by atoms with E-state index in [4.69, 9.17) is 30.2 Å². The summed E-state index contributed by atoms with van der Waals surface area (Å²) < 4.78 is 23.6. The standard InChI is InChI=1S/C31H35ClO6/c1-20-25(36-27(34)18-26(20)35-6)11-9-7-8-10-16-29(3)19-30(4)28(31(5,38-29)21(2)37-30)24(33)17-22-12-14-23(32)15-13-22/h7-16,18,21,28H,17,19H2,1-6H3/b8-7+,11-9+,16-10+/t21-,28+,29+,30+,31+/m1/s1. The minimum Gasteiger partial charge on any atom is -0.496 e. The molecule has 38 heavy (non-hydrogen) atoms. The zero-order valence-electron chi connectivity index (χ0n) is 22.7. The summed E-state index contributed by atoms with van der Waals surface area (Å²) in [5.74, 6) is 0.659. The summed E-state index contributed by atoms with van der Waals surface area (Å²) in [5, 5.41) is 0.646. The second-order valence-corrected chi connectivity index (χ2v) is 11.2. The zero-order valence-corrected chi connectivity index (χ0v) is 23.5. The molecule has 2 aliphatic rings. The van der Waals surface area contributed by atoms with Crippen LogP contribution in [0.1, 0.15) is 51.0 Å². The molecule has 2 fully saturated rings. The average molecular weight is 539 g/mol. The fourth-order valence-corrected chi connectivity index (χ4v) is 6.19. The van der Waals surface area contributed by atoms with Crippen LogP contribution in [0, 0.1) is 12.8 Å². The van der Waals surface area contributed by atoms with E-state index in [9.17, 15) is 9.59 Å². The Hall–Kier alpha value is -2.93. The molecule has 0 spiro atoms. The molecule has 2 saturated heterocycles. The molecule has 0 radical (unpaired) electrons. The average Bonchev–Trinajstić information content (AvgIpc) is 2.97. The Balaban J connectivity index is 1.47. The molecule has 0 unspecified atom stereocenters. The third-order valence-corrected chi connectivity index (χ3v) is 7.91. The lowest BCUT2D eigenvalue weighted by atomic mass is 9.67. The molecule has 5 atom stereocenters. The van der Waals surface area contributed by atoms with Gasteiger partial charge < -0.3 is 18.6 Å². The fraction of sp³-hybridized carbons (Fsp3) is 0.419. The molecule has 0 N–H and O–H groups in total. The van der Waals surface area contributed by atoms with Crippen molar-refractivity contribution in [1.82, 2.24) is 0 Å². The first kappa shape index (κ1) is 28.1. The van der Waals surface area contributed by atoms with Crippen LogP contribution in [0.25, 0.3) is 6.08 Å². The predicted octanol–water partition coefficient (Wildman–Crippen LogP) is 6.28. The number of methoxy groups -OCH3 is 1. The van der Waals surface area contributed by atoms with Crippen molar-refractivity contribution in [2.45, 2.75) is 70.4 Å². The molecule has 1 aromatic heterocycles. The van der Waals surface area contributed by atoms with Crippen LogP contribution in [-0.4, -0.2) is 35.8 Å². The Morgan fingerprint density at radius 3 is 2.47 bits per heavy atom. The summed E-state index contributed by atoms with van der Waals surface area (Å²) in [6.45, 7) is 9.85. The Labute approximate surface area is 228 Å². The lowest BCUT2D eigenvalue weighted by molar-refractivity contribution is -0.187. The molecule has 2 aromatic rings. The Morgan fingerprint density at radius 1 is 1.13 bits per heavy atom. The minimum absolute atomic E-state index is 0.109. The summed E-state index contributed by atoms with van der Waals surface area (Å²) in [7, 11) is 1.52. The van der Waals surface area contributed by atoms with Gasteiger partial charge in [0.25, 0.3) is 0 Å². The number of ketones is 1. The molecule has 2 bridgehead atoms. The number of hydrogen-bond donors (Lipinski definition) is 0. The van der Waals surface area contributed by atoms with E-state index in [-0.39, 0.29) is 17.8 Å². The van der Waals surface area contributed by atoms with E-state index >= 15 is 0 Å². The lowest BCUT2D eigenvalue weighted by Crippen LogP contribution is -2.60. The van der Waals surface area contributed by atoms with E-state index in [1.165, 1.54) is 13.2 Å². The maximum absolute atomic E-state index is 13.5. The normalized spacial score (nSPS) is 31.0. The van der Waals surface area contributed by atoms with Crippen molar-refractivity contribution in [3.8, 4) is 5.75 Å². The quantitative estimate of drug-likeness (QED) is 0.368. The number of rotatable bonds is 8. The van der Waals surface area contributed by atoms with Crippen LogP contribution >= 0.6 is 11.6 Å². The van der Waals surface area contributed by atoms with Crippen LogP contribution in [0.4, 0.5) is 0 Å². The van der Waals surface area contributed by atoms with Gasteiger partial charge in [0.1, 0.15) is 22.9 Å². The van der Waals surface area contributed by atoms with Crippen molar-refractivity contribution in [2.24, 2.45) is 5.92 Å². The van der Waals surface area contributed by atoms with E-state index in [0.717, 1.165) is 11.1 Å². The van der Waals surface area contributed by atoms with E-state index < -0.39 is 22.4 Å². The molecule has 202 valence electrons. The molecular weight excluding hydrogens is 504 g/mol. The molecule has 7 heteroatoms. The second-order valence-electron chi connectivity index (χ2n) is 10.8. The molecule has 0 saturated carbocycles. The van der Waals surface area contributed by atoms with E-state index in [0.29, 0.717) is 29.4 Å². The zero-order chi connectivity index (χ0) is 27.7. The maximum atomic E-state index is 13.5. The van der Waals surface area contributed by atoms with Crippen LogP contribution < -0.4 is 10.4 Å². The third kappa shape index (κ3) is 5.58. The topological polar surface area (TPSA) is 75.0 Å². The number of carbonyl (C=O) groups excluding carboxylic acids is 1. The predicted molar refractivity (Wildman–Crippen MR) is 149 cm³/mol. The SMILES string of the molecule is COc1cc(=O)oc(/C=C/C=C/C=C/[C@@]2(C)C[C@]3(C)O[C@H](C)[C@](C)(O2)[C@H]3C(=O)Cc2ccc(Cl)cc2)c1C. The highest BCUT2D eigenvalue weighted by molar-refractivity contribution is 6.30. The number of Topliss-reactive ketones (excluding diaryl/α,β-unsaturated/α-hetero) is 1. The highest BCUT2D eigenvalue weighted by Gasteiger charge is 2.67. The van der Waals surface area contributed by atoms with Gasteiger partial charge in [0, 0.05) is 23.4 Å². The molecule has 0 aliphatic carbocycles. The molecule has 2 aliphatic heterocycles. The van der Waals surface area contributed by atoms with E-state index in [2.05, 4.69) is 0 Å². The van der Waals surface area contributed by atoms with Crippen LogP contribution in [0.2, 0.25) is 5.02 Å². The first-order valence-electron chi connectivity index (χ1n) is 12.8. The highest BCUT2D eigenvalue weighted by atomic mass is 35.5. The molecule has 1 aromatic carbocycles. The molecular formula is C31H35ClO6. The Morgan fingerprint density at radius 2 is 1.82 bits per heavy atom. The number of carbonyl (C=O) groups is 1. The van der Waals surface area contributed by atoms with Crippen molar-refractivity contribution in [2.75, 3.05) is 7.11 Å². The summed E-state index contributed by atoms with van der Waals surface area (Å²) in [5.41, 5.74) is -0.817. The molecule has 3 heterocycles. The van der Waals surface area contributed by atoms with Gasteiger partial charge in [-0.15, -0.1) is 0 Å². The van der Waals surface area contributed by atoms with Gasteiger partial charge in [0.15, 0.2) is 0 Å². The van der Waals surface area contributed by atoms with Crippen LogP contribution in [0.5, 0.6) is 5.75 Å². The number of benzene rings is 1. The number of allylic oxidation sites excluding steroid dienone is 4. The first-order chi connectivity index (χ1) is 17.9. The van der Waals surface area contributed by atoms with Gasteiger partial charge in [-0.3, -0.25) is 4.79 Å². The van der Waals surface area contributed by atoms with Gasteiger partial charge >= 0.3 is 5.63 Å². The van der Waals surface area contributed by atoms with Gasteiger partial charge in [-0.25, -0.2) is 4.79 Å². The second kappa shape index (κ2) is 10.7. The Bertz CT molecular complexity index is 1340. The molecule has 0 amide bonds. The van der Waals surface area contributed by atoms with Crippen LogP contribution in [0.3, 0.4) is 0 Å². The number of hydrogen-bond acceptors (Lipinski definition) is 6. The van der Waals surface area contributed by atoms with E-state index in [1.54, 1.807) is 24.3 Å². The summed E-state index contributed by atoms with van der Waals surface area (Å²) in [6, 6.07) is 8.70. The number of ether oxygens (including phenoxy) is 3. The number of fused-ring (bicyclic) bond motifs is 2.